The predicted octanol–water partition coefficient (Wildman–Crippen LogP) is 1.17. The topological polar surface area (TPSA) is 104 Å². The zero-order valence-corrected chi connectivity index (χ0v) is 15.6. The van der Waals surface area contributed by atoms with Crippen molar-refractivity contribution in [3.05, 3.63) is 45.9 Å². The van der Waals surface area contributed by atoms with Crippen molar-refractivity contribution in [1.82, 2.24) is 14.7 Å². The lowest BCUT2D eigenvalue weighted by atomic mass is 10.2. The van der Waals surface area contributed by atoms with Crippen molar-refractivity contribution in [2.75, 3.05) is 25.1 Å². The summed E-state index contributed by atoms with van der Waals surface area (Å²) in [6.07, 6.45) is 2.11. The van der Waals surface area contributed by atoms with Gasteiger partial charge < -0.3 is 9.64 Å². The predicted molar refractivity (Wildman–Crippen MR) is 98.1 cm³/mol. The van der Waals surface area contributed by atoms with Gasteiger partial charge in [-0.25, -0.2) is 18.1 Å². The van der Waals surface area contributed by atoms with Crippen LogP contribution in [0, 0.1) is 6.92 Å². The number of benzene rings is 1. The summed E-state index contributed by atoms with van der Waals surface area (Å²) in [6, 6.07) is 5.94. The number of aromatic nitrogens is 2. The summed E-state index contributed by atoms with van der Waals surface area (Å²) < 4.78 is 32.7. The minimum atomic E-state index is -3.72. The highest BCUT2D eigenvalue weighted by molar-refractivity contribution is 7.89. The summed E-state index contributed by atoms with van der Waals surface area (Å²) in [5.41, 5.74) is 0.807. The van der Waals surface area contributed by atoms with Crippen LogP contribution in [0.15, 0.2) is 34.0 Å². The molecule has 0 bridgehead atoms. The average Bonchev–Trinajstić information content (AvgIpc) is 3.14. The van der Waals surface area contributed by atoms with Crippen molar-refractivity contribution >= 4 is 16.0 Å². The van der Waals surface area contributed by atoms with Crippen molar-refractivity contribution in [3.63, 3.8) is 0 Å². The molecule has 0 aliphatic carbocycles. The molecule has 1 aromatic heterocycles. The summed E-state index contributed by atoms with van der Waals surface area (Å²) >= 11 is 0. The summed E-state index contributed by atoms with van der Waals surface area (Å²) in [4.78, 5) is 21.1. The molecule has 26 heavy (non-hydrogen) atoms. The van der Waals surface area contributed by atoms with Gasteiger partial charge in [0.1, 0.15) is 5.75 Å². The molecule has 1 fully saturated rings. The fraction of sp³-hybridized carbons (Fsp3) is 0.412. The molecule has 1 aliphatic heterocycles. The third kappa shape index (κ3) is 4.05. The Morgan fingerprint density at radius 2 is 2.00 bits per heavy atom. The summed E-state index contributed by atoms with van der Waals surface area (Å²) in [6.45, 7) is 3.39. The van der Waals surface area contributed by atoms with Crippen LogP contribution in [0.25, 0.3) is 0 Å². The molecule has 2 N–H and O–H groups in total. The van der Waals surface area contributed by atoms with Crippen molar-refractivity contribution in [1.29, 1.82) is 0 Å². The van der Waals surface area contributed by atoms with Gasteiger partial charge in [-0.3, -0.25) is 9.78 Å². The number of nitrogens with one attached hydrogen (secondary N) is 2. The van der Waals surface area contributed by atoms with E-state index >= 15 is 0 Å². The van der Waals surface area contributed by atoms with E-state index in [0.29, 0.717) is 17.4 Å². The molecule has 2 aromatic rings. The molecule has 0 unspecified atom stereocenters. The summed E-state index contributed by atoms with van der Waals surface area (Å²) in [7, 11) is -2.19. The van der Waals surface area contributed by atoms with E-state index < -0.39 is 10.0 Å². The van der Waals surface area contributed by atoms with E-state index in [0.717, 1.165) is 31.5 Å². The van der Waals surface area contributed by atoms with E-state index in [4.69, 9.17) is 4.74 Å². The highest BCUT2D eigenvalue weighted by atomic mass is 32.2. The molecule has 140 valence electrons. The van der Waals surface area contributed by atoms with Gasteiger partial charge in [0.25, 0.3) is 5.56 Å². The minimum absolute atomic E-state index is 0.0574. The molecule has 0 saturated carbocycles. The molecule has 9 heteroatoms. The van der Waals surface area contributed by atoms with Crippen molar-refractivity contribution in [2.24, 2.45) is 0 Å². The molecule has 1 saturated heterocycles. The molecule has 2 heterocycles. The van der Waals surface area contributed by atoms with Gasteiger partial charge in [-0.05, 0) is 43.5 Å². The van der Waals surface area contributed by atoms with Crippen LogP contribution < -0.4 is 19.9 Å². The summed E-state index contributed by atoms with van der Waals surface area (Å²) in [5.74, 6) is 1.11. The monoisotopic (exact) mass is 378 g/mol. The highest BCUT2D eigenvalue weighted by Crippen LogP contribution is 2.21. The van der Waals surface area contributed by atoms with Crippen LogP contribution in [0.1, 0.15) is 24.1 Å². The van der Waals surface area contributed by atoms with Gasteiger partial charge in [0.2, 0.25) is 16.0 Å². The molecular weight excluding hydrogens is 356 g/mol. The van der Waals surface area contributed by atoms with Crippen molar-refractivity contribution in [2.45, 2.75) is 31.2 Å². The Kier molecular flexibility index (Phi) is 5.28. The molecule has 8 nitrogen and oxygen atoms in total. The molecule has 1 aliphatic rings. The van der Waals surface area contributed by atoms with Gasteiger partial charge in [-0.15, -0.1) is 0 Å². The Morgan fingerprint density at radius 3 is 2.65 bits per heavy atom. The number of aryl methyl sites for hydroxylation is 1. The second-order valence-electron chi connectivity index (χ2n) is 6.21. The first-order valence-electron chi connectivity index (χ1n) is 8.38. The third-order valence-corrected chi connectivity index (χ3v) is 5.71. The number of sulfonamides is 1. The first-order chi connectivity index (χ1) is 12.4. The SMILES string of the molecule is COc1ccc(S(=O)(=O)NCc2cc(=O)[nH]c(N3CCCC3)n2)cc1C. The zero-order valence-electron chi connectivity index (χ0n) is 14.8. The third-order valence-electron chi connectivity index (χ3n) is 4.31. The van der Waals surface area contributed by atoms with Gasteiger partial charge in [-0.2, -0.15) is 0 Å². The highest BCUT2D eigenvalue weighted by Gasteiger charge is 2.18. The maximum Gasteiger partial charge on any atom is 0.252 e. The number of methoxy groups -OCH3 is 1. The smallest absolute Gasteiger partial charge is 0.252 e. The van der Waals surface area contributed by atoms with Crippen LogP contribution in [0.3, 0.4) is 0 Å². The van der Waals surface area contributed by atoms with Crippen LogP contribution in [0.2, 0.25) is 0 Å². The summed E-state index contributed by atoms with van der Waals surface area (Å²) in [5, 5.41) is 0. The van der Waals surface area contributed by atoms with Crippen molar-refractivity contribution < 1.29 is 13.2 Å². The van der Waals surface area contributed by atoms with Gasteiger partial charge in [0, 0.05) is 19.2 Å². The molecule has 1 aromatic carbocycles. The van der Waals surface area contributed by atoms with Crippen LogP contribution in [0.4, 0.5) is 5.95 Å². The largest absolute Gasteiger partial charge is 0.496 e. The Balaban J connectivity index is 1.77. The van der Waals surface area contributed by atoms with E-state index in [1.807, 2.05) is 4.90 Å². The number of ether oxygens (including phenoxy) is 1. The molecule has 0 spiro atoms. The Morgan fingerprint density at radius 1 is 1.27 bits per heavy atom. The molecule has 3 rings (SSSR count). The van der Waals surface area contributed by atoms with Crippen molar-refractivity contribution in [3.8, 4) is 5.75 Å². The van der Waals surface area contributed by atoms with Gasteiger partial charge in [0.05, 0.1) is 24.2 Å². The number of hydrogen-bond acceptors (Lipinski definition) is 6. The Labute approximate surface area is 152 Å². The van der Waals surface area contributed by atoms with Gasteiger partial charge in [0.15, 0.2) is 0 Å². The Bertz CT molecular complexity index is 949. The number of aromatic amines is 1. The van der Waals surface area contributed by atoms with Crippen LogP contribution in [-0.2, 0) is 16.6 Å². The van der Waals surface area contributed by atoms with E-state index in [9.17, 15) is 13.2 Å². The first-order valence-corrected chi connectivity index (χ1v) is 9.87. The maximum absolute atomic E-state index is 12.5. The maximum atomic E-state index is 12.5. The quantitative estimate of drug-likeness (QED) is 0.782. The lowest BCUT2D eigenvalue weighted by molar-refractivity contribution is 0.411. The van der Waals surface area contributed by atoms with Crippen LogP contribution >= 0.6 is 0 Å². The van der Waals surface area contributed by atoms with E-state index in [-0.39, 0.29) is 17.0 Å². The van der Waals surface area contributed by atoms with Gasteiger partial charge in [-0.1, -0.05) is 0 Å². The normalized spacial score (nSPS) is 14.6. The fourth-order valence-corrected chi connectivity index (χ4v) is 4.02. The molecule has 0 radical (unpaired) electrons. The first kappa shape index (κ1) is 18.4. The molecular formula is C17H22N4O4S. The van der Waals surface area contributed by atoms with Crippen LogP contribution in [-0.4, -0.2) is 38.6 Å². The van der Waals surface area contributed by atoms with E-state index in [2.05, 4.69) is 14.7 Å². The second kappa shape index (κ2) is 7.46. The average molecular weight is 378 g/mol. The molecule has 0 atom stereocenters. The lowest BCUT2D eigenvalue weighted by Gasteiger charge is -2.16. The number of rotatable bonds is 6. The van der Waals surface area contributed by atoms with Crippen LogP contribution in [0.5, 0.6) is 5.75 Å². The second-order valence-corrected chi connectivity index (χ2v) is 7.98. The van der Waals surface area contributed by atoms with E-state index in [1.165, 1.54) is 19.2 Å². The molecule has 0 amide bonds. The Hall–Kier alpha value is -2.39. The van der Waals surface area contributed by atoms with E-state index in [1.54, 1.807) is 19.1 Å². The minimum Gasteiger partial charge on any atom is -0.496 e. The number of hydrogen-bond donors (Lipinski definition) is 2. The fourth-order valence-electron chi connectivity index (χ4n) is 2.93. The number of anilines is 1. The standard InChI is InChI=1S/C17H22N4O4S/c1-12-9-14(5-6-15(12)25-2)26(23,24)18-11-13-10-16(22)20-17(19-13)21-7-3-4-8-21/h5-6,9-10,18H,3-4,7-8,11H2,1-2H3,(H,19,20,22). The number of nitrogens with zero attached hydrogens (tertiary/aromatic N) is 2. The zero-order chi connectivity index (χ0) is 18.7. The van der Waals surface area contributed by atoms with Gasteiger partial charge >= 0.3 is 0 Å². The number of H-pyrrole nitrogens is 1. The lowest BCUT2D eigenvalue weighted by Crippen LogP contribution is -2.27.